The summed E-state index contributed by atoms with van der Waals surface area (Å²) < 4.78 is 0. The van der Waals surface area contributed by atoms with Crippen LogP contribution in [0.2, 0.25) is 0 Å². The molecule has 0 bridgehead atoms. The van der Waals surface area contributed by atoms with E-state index in [0.29, 0.717) is 58.2 Å². The number of carboxylic acids is 1. The molecule has 172 valence electrons. The highest BCUT2D eigenvalue weighted by Gasteiger charge is 2.37. The number of amides is 3. The summed E-state index contributed by atoms with van der Waals surface area (Å²) in [5.74, 6) is -2.46. The molecule has 0 aliphatic carbocycles. The smallest absolute Gasteiger partial charge is 0.322 e. The number of hydrogen-bond acceptors (Lipinski definition) is 7. The molecule has 1 saturated heterocycles. The summed E-state index contributed by atoms with van der Waals surface area (Å²) in [5.41, 5.74) is 17.0. The maximum atomic E-state index is 12.8. The first-order valence-electron chi connectivity index (χ1n) is 10.6. The van der Waals surface area contributed by atoms with Gasteiger partial charge in [-0.2, -0.15) is 0 Å². The van der Waals surface area contributed by atoms with Gasteiger partial charge in [0.2, 0.25) is 17.7 Å². The second-order valence-corrected chi connectivity index (χ2v) is 7.54. The second-order valence-electron chi connectivity index (χ2n) is 7.54. The van der Waals surface area contributed by atoms with Crippen LogP contribution < -0.4 is 27.8 Å². The van der Waals surface area contributed by atoms with E-state index in [-0.39, 0.29) is 5.91 Å². The molecule has 0 radical (unpaired) electrons. The molecule has 1 heterocycles. The van der Waals surface area contributed by atoms with Crippen LogP contribution in [0.25, 0.3) is 0 Å². The highest BCUT2D eigenvalue weighted by Crippen LogP contribution is 2.20. The predicted octanol–water partition coefficient (Wildman–Crippen LogP) is -1.75. The molecule has 3 atom stereocenters. The molecule has 11 nitrogen and oxygen atoms in total. The number of carboxylic acid groups (broad SMARTS) is 1. The molecule has 1 aliphatic rings. The molecule has 1 rings (SSSR count). The van der Waals surface area contributed by atoms with Gasteiger partial charge < -0.3 is 37.8 Å². The van der Waals surface area contributed by atoms with Crippen LogP contribution in [0.3, 0.4) is 0 Å². The Bertz CT molecular complexity index is 588. The Hall–Kier alpha value is -2.24. The minimum Gasteiger partial charge on any atom is -0.480 e. The van der Waals surface area contributed by atoms with Gasteiger partial charge in [-0.3, -0.25) is 19.2 Å². The highest BCUT2D eigenvalue weighted by molar-refractivity contribution is 5.94. The van der Waals surface area contributed by atoms with Gasteiger partial charge >= 0.3 is 5.97 Å². The third kappa shape index (κ3) is 8.64. The van der Waals surface area contributed by atoms with Crippen molar-refractivity contribution in [3.8, 4) is 0 Å². The van der Waals surface area contributed by atoms with Crippen LogP contribution >= 0.6 is 0 Å². The zero-order chi connectivity index (χ0) is 22.5. The van der Waals surface area contributed by atoms with Crippen molar-refractivity contribution in [2.24, 2.45) is 17.2 Å². The maximum Gasteiger partial charge on any atom is 0.322 e. The van der Waals surface area contributed by atoms with E-state index in [9.17, 15) is 19.2 Å². The van der Waals surface area contributed by atoms with E-state index in [1.54, 1.807) is 0 Å². The number of nitrogens with one attached hydrogen (secondary N) is 2. The first-order chi connectivity index (χ1) is 14.3. The lowest BCUT2D eigenvalue weighted by Gasteiger charge is -2.28. The molecule has 1 aliphatic heterocycles. The van der Waals surface area contributed by atoms with Crippen LogP contribution in [0, 0.1) is 0 Å². The largest absolute Gasteiger partial charge is 0.480 e. The van der Waals surface area contributed by atoms with Gasteiger partial charge in [0.15, 0.2) is 0 Å². The Kier molecular flexibility index (Phi) is 11.9. The van der Waals surface area contributed by atoms with Crippen LogP contribution in [0.5, 0.6) is 0 Å². The SMILES string of the molecule is NCCCCC(N)C(=O)N1CCCC1C(=O)NC(CCCCN)C(=O)NCC(=O)O. The van der Waals surface area contributed by atoms with Crippen molar-refractivity contribution in [2.75, 3.05) is 26.2 Å². The zero-order valence-electron chi connectivity index (χ0n) is 17.5. The quantitative estimate of drug-likeness (QED) is 0.175. The lowest BCUT2D eigenvalue weighted by molar-refractivity contribution is -0.141. The minimum atomic E-state index is -1.17. The molecule has 30 heavy (non-hydrogen) atoms. The molecule has 3 amide bonds. The second kappa shape index (κ2) is 13.9. The van der Waals surface area contributed by atoms with Gasteiger partial charge in [0.05, 0.1) is 6.04 Å². The number of carbonyl (C=O) groups is 4. The monoisotopic (exact) mass is 428 g/mol. The van der Waals surface area contributed by atoms with Crippen molar-refractivity contribution in [3.05, 3.63) is 0 Å². The molecule has 0 saturated carbocycles. The fourth-order valence-corrected chi connectivity index (χ4v) is 3.46. The summed E-state index contributed by atoms with van der Waals surface area (Å²) in [5, 5.41) is 13.7. The molecule has 0 aromatic heterocycles. The standard InChI is InChI=1S/C19H36N6O5/c20-9-3-1-6-13(22)19(30)25-11-5-8-15(25)18(29)24-14(7-2-4-10-21)17(28)23-12-16(26)27/h13-15H,1-12,20-22H2,(H,23,28)(H,24,29)(H,26,27). The van der Waals surface area contributed by atoms with E-state index in [1.807, 2.05) is 0 Å². The van der Waals surface area contributed by atoms with Crippen LogP contribution in [-0.4, -0.2) is 78.0 Å². The Morgan fingerprint density at radius 2 is 1.67 bits per heavy atom. The van der Waals surface area contributed by atoms with Gasteiger partial charge in [-0.25, -0.2) is 0 Å². The number of unbranched alkanes of at least 4 members (excludes halogenated alkanes) is 2. The molecule has 0 spiro atoms. The zero-order valence-corrected chi connectivity index (χ0v) is 17.5. The van der Waals surface area contributed by atoms with Gasteiger partial charge in [-0.05, 0) is 58.0 Å². The first-order valence-corrected chi connectivity index (χ1v) is 10.6. The van der Waals surface area contributed by atoms with E-state index in [1.165, 1.54) is 4.90 Å². The lowest BCUT2D eigenvalue weighted by atomic mass is 10.1. The van der Waals surface area contributed by atoms with Gasteiger partial charge in [0.1, 0.15) is 18.6 Å². The number of carbonyl (C=O) groups excluding carboxylic acids is 3. The van der Waals surface area contributed by atoms with E-state index < -0.39 is 42.5 Å². The topological polar surface area (TPSA) is 194 Å². The number of aliphatic carboxylic acids is 1. The molecule has 0 aromatic carbocycles. The van der Waals surface area contributed by atoms with E-state index in [2.05, 4.69) is 10.6 Å². The summed E-state index contributed by atoms with van der Waals surface area (Å²) in [6, 6.07) is -2.27. The molecule has 9 N–H and O–H groups in total. The first kappa shape index (κ1) is 25.8. The summed E-state index contributed by atoms with van der Waals surface area (Å²) in [6.45, 7) is 0.883. The van der Waals surface area contributed by atoms with Crippen molar-refractivity contribution >= 4 is 23.7 Å². The van der Waals surface area contributed by atoms with Crippen molar-refractivity contribution < 1.29 is 24.3 Å². The number of nitrogens with zero attached hydrogens (tertiary/aromatic N) is 1. The van der Waals surface area contributed by atoms with Crippen LogP contribution in [0.4, 0.5) is 0 Å². The number of nitrogens with two attached hydrogens (primary N) is 3. The lowest BCUT2D eigenvalue weighted by Crippen LogP contribution is -2.55. The third-order valence-electron chi connectivity index (χ3n) is 5.12. The Morgan fingerprint density at radius 3 is 2.27 bits per heavy atom. The summed E-state index contributed by atoms with van der Waals surface area (Å²) >= 11 is 0. The summed E-state index contributed by atoms with van der Waals surface area (Å²) in [6.07, 6.45) is 4.77. The molecule has 1 fully saturated rings. The summed E-state index contributed by atoms with van der Waals surface area (Å²) in [7, 11) is 0. The van der Waals surface area contributed by atoms with E-state index >= 15 is 0 Å². The van der Waals surface area contributed by atoms with E-state index in [0.717, 1.165) is 12.8 Å². The van der Waals surface area contributed by atoms with Crippen LogP contribution in [-0.2, 0) is 19.2 Å². The maximum absolute atomic E-state index is 12.8. The number of hydrogen-bond donors (Lipinski definition) is 6. The van der Waals surface area contributed by atoms with Gasteiger partial charge in [0.25, 0.3) is 0 Å². The van der Waals surface area contributed by atoms with Gasteiger partial charge in [-0.1, -0.05) is 6.42 Å². The predicted molar refractivity (Wildman–Crippen MR) is 111 cm³/mol. The van der Waals surface area contributed by atoms with Gasteiger partial charge in [-0.15, -0.1) is 0 Å². The molecule has 3 unspecified atom stereocenters. The average Bonchev–Trinajstić information content (AvgIpc) is 3.20. The number of rotatable bonds is 14. The number of likely N-dealkylation sites (tertiary alicyclic amines) is 1. The molecular formula is C19H36N6O5. The fraction of sp³-hybridized carbons (Fsp3) is 0.789. The van der Waals surface area contributed by atoms with Crippen LogP contribution in [0.1, 0.15) is 51.4 Å². The van der Waals surface area contributed by atoms with Gasteiger partial charge in [0, 0.05) is 6.54 Å². The van der Waals surface area contributed by atoms with Crippen molar-refractivity contribution in [1.29, 1.82) is 0 Å². The Morgan fingerprint density at radius 1 is 1.03 bits per heavy atom. The summed E-state index contributed by atoms with van der Waals surface area (Å²) in [4.78, 5) is 50.1. The Labute approximate surface area is 177 Å². The molecule has 0 aromatic rings. The van der Waals surface area contributed by atoms with Crippen LogP contribution in [0.15, 0.2) is 0 Å². The average molecular weight is 429 g/mol. The Balaban J connectivity index is 2.73. The fourth-order valence-electron chi connectivity index (χ4n) is 3.46. The normalized spacial score (nSPS) is 18.0. The minimum absolute atomic E-state index is 0.278. The van der Waals surface area contributed by atoms with Crippen molar-refractivity contribution in [3.63, 3.8) is 0 Å². The highest BCUT2D eigenvalue weighted by atomic mass is 16.4. The van der Waals surface area contributed by atoms with E-state index in [4.69, 9.17) is 22.3 Å². The molecular weight excluding hydrogens is 392 g/mol. The van der Waals surface area contributed by atoms with Crippen molar-refractivity contribution in [1.82, 2.24) is 15.5 Å². The van der Waals surface area contributed by atoms with Crippen molar-refractivity contribution in [2.45, 2.75) is 69.5 Å². The third-order valence-corrected chi connectivity index (χ3v) is 5.12. The molecule has 11 heteroatoms.